The molecule has 37 heavy (non-hydrogen) atoms. The molecule has 0 bridgehead atoms. The molecule has 1 saturated carbocycles. The zero-order chi connectivity index (χ0) is 26.4. The normalized spacial score (nSPS) is 18.4. The van der Waals surface area contributed by atoms with Crippen molar-refractivity contribution in [2.75, 3.05) is 17.8 Å². The summed E-state index contributed by atoms with van der Waals surface area (Å²) in [5.41, 5.74) is 3.76. The van der Waals surface area contributed by atoms with Gasteiger partial charge in [-0.3, -0.25) is 14.9 Å². The number of hydrogen-bond acceptors (Lipinski definition) is 7. The smallest absolute Gasteiger partial charge is 0.317 e. The Balaban J connectivity index is 1.53. The topological polar surface area (TPSA) is 91.4 Å². The molecular weight excluding hydrogens is 525 g/mol. The molecule has 0 radical (unpaired) electrons. The summed E-state index contributed by atoms with van der Waals surface area (Å²) in [6.07, 6.45) is 11.2. The van der Waals surface area contributed by atoms with Crippen LogP contribution < -0.4 is 10.6 Å². The number of imide groups is 1. The first-order chi connectivity index (χ1) is 17.9. The molecule has 0 spiro atoms. The fraction of sp³-hybridized carbons (Fsp3) is 0.481. The highest BCUT2D eigenvalue weighted by Crippen LogP contribution is 2.34. The van der Waals surface area contributed by atoms with Gasteiger partial charge in [0, 0.05) is 23.2 Å². The van der Waals surface area contributed by atoms with Crippen LogP contribution in [0.4, 0.5) is 15.3 Å². The number of rotatable bonds is 8. The minimum atomic E-state index is -0.383. The number of urea groups is 1. The Kier molecular flexibility index (Phi) is 9.83. The highest BCUT2D eigenvalue weighted by molar-refractivity contribution is 8.15. The molecule has 2 heterocycles. The van der Waals surface area contributed by atoms with E-state index < -0.39 is 0 Å². The lowest BCUT2D eigenvalue weighted by atomic mass is 10.0. The van der Waals surface area contributed by atoms with Crippen LogP contribution in [0.15, 0.2) is 40.3 Å². The average molecular weight is 559 g/mol. The van der Waals surface area contributed by atoms with Crippen LogP contribution in [0.3, 0.4) is 0 Å². The van der Waals surface area contributed by atoms with E-state index >= 15 is 0 Å². The lowest BCUT2D eigenvalue weighted by Gasteiger charge is -2.32. The first kappa shape index (κ1) is 27.9. The summed E-state index contributed by atoms with van der Waals surface area (Å²) >= 11 is 4.20. The van der Waals surface area contributed by atoms with Gasteiger partial charge >= 0.3 is 6.03 Å². The predicted octanol–water partition coefficient (Wildman–Crippen LogP) is 6.48. The Morgan fingerprint density at radius 3 is 2.35 bits per heavy atom. The number of carbonyl (C=O) groups is 3. The maximum Gasteiger partial charge on any atom is 0.322 e. The van der Waals surface area contributed by atoms with Crippen LogP contribution in [0, 0.1) is 6.92 Å². The Hall–Kier alpha value is -2.17. The van der Waals surface area contributed by atoms with Gasteiger partial charge in [-0.1, -0.05) is 61.7 Å². The molecule has 7 nitrogen and oxygen atoms in total. The minimum Gasteiger partial charge on any atom is -0.317 e. The SMILES string of the molecule is CSc1cc(C)nc(SC)c1NC(=O)N(Cc1ccc(CC2SC(=O)NC2=O)cc1)C1CCCCCC1. The molecular formula is C27H34N4O3S3. The molecule has 198 valence electrons. The van der Waals surface area contributed by atoms with Crippen LogP contribution in [0.1, 0.15) is 55.3 Å². The lowest BCUT2D eigenvalue weighted by Crippen LogP contribution is -2.42. The Morgan fingerprint density at radius 1 is 1.08 bits per heavy atom. The molecule has 2 aliphatic rings. The zero-order valence-corrected chi connectivity index (χ0v) is 24.0. The molecule has 4 rings (SSSR count). The summed E-state index contributed by atoms with van der Waals surface area (Å²) < 4.78 is 0. The van der Waals surface area contributed by atoms with Crippen LogP contribution in [0.25, 0.3) is 0 Å². The van der Waals surface area contributed by atoms with Gasteiger partial charge in [0.25, 0.3) is 5.24 Å². The molecule has 1 aliphatic heterocycles. The van der Waals surface area contributed by atoms with E-state index in [0.29, 0.717) is 13.0 Å². The van der Waals surface area contributed by atoms with Gasteiger partial charge in [-0.05, 0) is 55.9 Å². The van der Waals surface area contributed by atoms with Gasteiger partial charge in [0.15, 0.2) is 0 Å². The van der Waals surface area contributed by atoms with Gasteiger partial charge in [0.05, 0.1) is 10.9 Å². The van der Waals surface area contributed by atoms with Crippen LogP contribution >= 0.6 is 35.3 Å². The van der Waals surface area contributed by atoms with Gasteiger partial charge in [-0.15, -0.1) is 23.5 Å². The van der Waals surface area contributed by atoms with E-state index in [1.54, 1.807) is 23.5 Å². The third-order valence-corrected chi connectivity index (χ3v) is 9.24. The number of nitrogens with zero attached hydrogens (tertiary/aromatic N) is 2. The molecule has 1 aromatic carbocycles. The Bertz CT molecular complexity index is 1110. The fourth-order valence-corrected chi connectivity index (χ4v) is 7.04. The van der Waals surface area contributed by atoms with Gasteiger partial charge in [-0.2, -0.15) is 0 Å². The summed E-state index contributed by atoms with van der Waals surface area (Å²) in [6, 6.07) is 10.2. The van der Waals surface area contributed by atoms with E-state index in [1.807, 2.05) is 54.7 Å². The largest absolute Gasteiger partial charge is 0.322 e. The van der Waals surface area contributed by atoms with E-state index in [0.717, 1.165) is 69.9 Å². The van der Waals surface area contributed by atoms with Crippen LogP contribution in [0.2, 0.25) is 0 Å². The number of aryl methyl sites for hydroxylation is 1. The quantitative estimate of drug-likeness (QED) is 0.283. The van der Waals surface area contributed by atoms with Crippen molar-refractivity contribution in [2.45, 2.75) is 79.6 Å². The van der Waals surface area contributed by atoms with Crippen LogP contribution in [-0.4, -0.2) is 50.9 Å². The minimum absolute atomic E-state index is 0.0928. The number of anilines is 1. The van der Waals surface area contributed by atoms with E-state index in [-0.39, 0.29) is 28.5 Å². The van der Waals surface area contributed by atoms with Crippen molar-refractivity contribution < 1.29 is 14.4 Å². The van der Waals surface area contributed by atoms with Gasteiger partial charge in [-0.25, -0.2) is 9.78 Å². The van der Waals surface area contributed by atoms with E-state index in [9.17, 15) is 14.4 Å². The number of nitrogens with one attached hydrogen (secondary N) is 2. The molecule has 1 unspecified atom stereocenters. The third-order valence-electron chi connectivity index (χ3n) is 6.81. The standard InChI is InChI=1S/C27H34N4O3S3/c1-17-14-21(35-2)23(25(28-17)36-3)29-26(33)31(20-8-6-4-5-7-9-20)16-19-12-10-18(11-13-19)15-22-24(32)30-27(34)37-22/h10-14,20,22H,4-9,15-16H2,1-3H3,(H,29,33)(H,30,32,34). The maximum atomic E-state index is 13.8. The van der Waals surface area contributed by atoms with Crippen molar-refractivity contribution in [3.05, 3.63) is 47.2 Å². The first-order valence-corrected chi connectivity index (χ1v) is 16.0. The number of amides is 4. The summed E-state index contributed by atoms with van der Waals surface area (Å²) in [4.78, 5) is 44.9. The Morgan fingerprint density at radius 2 is 1.76 bits per heavy atom. The highest BCUT2D eigenvalue weighted by atomic mass is 32.2. The Labute approximate surface area is 231 Å². The summed E-state index contributed by atoms with van der Waals surface area (Å²) in [5.74, 6) is -0.227. The van der Waals surface area contributed by atoms with E-state index in [2.05, 4.69) is 15.6 Å². The molecule has 1 atom stereocenters. The van der Waals surface area contributed by atoms with Crippen molar-refractivity contribution in [3.63, 3.8) is 0 Å². The molecule has 1 aliphatic carbocycles. The van der Waals surface area contributed by atoms with Crippen molar-refractivity contribution in [2.24, 2.45) is 0 Å². The predicted molar refractivity (Wildman–Crippen MR) is 154 cm³/mol. The average Bonchev–Trinajstić information content (AvgIpc) is 3.05. The molecule has 1 aromatic heterocycles. The maximum absolute atomic E-state index is 13.8. The number of aromatic nitrogens is 1. The number of benzene rings is 1. The summed E-state index contributed by atoms with van der Waals surface area (Å²) in [5, 5.41) is 5.73. The van der Waals surface area contributed by atoms with Gasteiger partial charge < -0.3 is 10.2 Å². The van der Waals surface area contributed by atoms with Crippen molar-refractivity contribution in [1.29, 1.82) is 0 Å². The van der Waals surface area contributed by atoms with E-state index in [4.69, 9.17) is 0 Å². The van der Waals surface area contributed by atoms with Gasteiger partial charge in [0.2, 0.25) is 5.91 Å². The highest BCUT2D eigenvalue weighted by Gasteiger charge is 2.31. The zero-order valence-electron chi connectivity index (χ0n) is 21.5. The van der Waals surface area contributed by atoms with E-state index in [1.165, 1.54) is 12.8 Å². The second kappa shape index (κ2) is 13.1. The molecule has 2 aromatic rings. The van der Waals surface area contributed by atoms with Crippen LogP contribution in [0.5, 0.6) is 0 Å². The monoisotopic (exact) mass is 558 g/mol. The fourth-order valence-electron chi connectivity index (χ4n) is 4.87. The summed E-state index contributed by atoms with van der Waals surface area (Å²) in [7, 11) is 0. The lowest BCUT2D eigenvalue weighted by molar-refractivity contribution is -0.118. The molecule has 2 fully saturated rings. The van der Waals surface area contributed by atoms with Gasteiger partial charge in [0.1, 0.15) is 5.03 Å². The summed E-state index contributed by atoms with van der Waals surface area (Å²) in [6.45, 7) is 2.48. The van der Waals surface area contributed by atoms with Crippen molar-refractivity contribution >= 4 is 58.2 Å². The molecule has 4 amide bonds. The third kappa shape index (κ3) is 7.23. The number of hydrogen-bond donors (Lipinski definition) is 2. The van der Waals surface area contributed by atoms with Crippen molar-refractivity contribution in [1.82, 2.24) is 15.2 Å². The second-order valence-corrected chi connectivity index (χ2v) is 12.3. The molecule has 2 N–H and O–H groups in total. The second-order valence-electron chi connectivity index (χ2n) is 9.46. The number of thioether (sulfide) groups is 3. The number of pyridine rings is 1. The molecule has 10 heteroatoms. The number of carbonyl (C=O) groups excluding carboxylic acids is 3. The first-order valence-electron chi connectivity index (χ1n) is 12.6. The van der Waals surface area contributed by atoms with Crippen LogP contribution in [-0.2, 0) is 17.8 Å². The van der Waals surface area contributed by atoms with Crippen molar-refractivity contribution in [3.8, 4) is 0 Å². The molecule has 1 saturated heterocycles.